The van der Waals surface area contributed by atoms with E-state index in [2.05, 4.69) is 4.90 Å². The lowest BCUT2D eigenvalue weighted by atomic mass is 9.97. The highest BCUT2D eigenvalue weighted by Crippen LogP contribution is 2.44. The fourth-order valence-electron chi connectivity index (χ4n) is 2.81. The van der Waals surface area contributed by atoms with E-state index >= 15 is 0 Å². The number of piperidine rings is 1. The predicted octanol–water partition coefficient (Wildman–Crippen LogP) is 0.982. The number of hydrogen-bond donors (Lipinski definition) is 1. The zero-order valence-corrected chi connectivity index (χ0v) is 8.91. The Morgan fingerprint density at radius 3 is 2.86 bits per heavy atom. The molecule has 3 unspecified atom stereocenters. The quantitative estimate of drug-likeness (QED) is 0.715. The van der Waals surface area contributed by atoms with E-state index in [1.807, 2.05) is 0 Å². The van der Waals surface area contributed by atoms with Crippen molar-refractivity contribution in [3.8, 4) is 0 Å². The van der Waals surface area contributed by atoms with Crippen LogP contribution in [0, 0.1) is 11.8 Å². The lowest BCUT2D eigenvalue weighted by Gasteiger charge is -2.35. The minimum absolute atomic E-state index is 0.248. The average molecular weight is 196 g/mol. The van der Waals surface area contributed by atoms with E-state index in [9.17, 15) is 4.79 Å². The first-order valence-electron chi connectivity index (χ1n) is 5.71. The van der Waals surface area contributed by atoms with E-state index in [0.717, 1.165) is 13.1 Å². The minimum Gasteiger partial charge on any atom is -0.340 e. The van der Waals surface area contributed by atoms with Crippen molar-refractivity contribution in [2.24, 2.45) is 17.6 Å². The number of likely N-dealkylation sites (tertiary alicyclic amines) is 1. The second kappa shape index (κ2) is 3.89. The van der Waals surface area contributed by atoms with E-state index in [1.165, 1.54) is 25.7 Å². The molecule has 3 nitrogen and oxygen atoms in total. The molecule has 2 rings (SSSR count). The number of rotatable bonds is 2. The molecule has 2 aliphatic rings. The third-order valence-corrected chi connectivity index (χ3v) is 3.73. The zero-order chi connectivity index (χ0) is 10.1. The molecule has 14 heavy (non-hydrogen) atoms. The summed E-state index contributed by atoms with van der Waals surface area (Å²) in [5.41, 5.74) is 5.65. The maximum Gasteiger partial charge on any atom is 0.219 e. The zero-order valence-electron chi connectivity index (χ0n) is 8.91. The SMILES string of the molecule is CC(=O)N1CCCCC1C1CC1CN. The molecule has 1 amide bonds. The molecule has 2 N–H and O–H groups in total. The fourth-order valence-corrected chi connectivity index (χ4v) is 2.81. The molecule has 0 aromatic heterocycles. The number of nitrogens with zero attached hydrogens (tertiary/aromatic N) is 1. The molecule has 1 saturated heterocycles. The Labute approximate surface area is 85.6 Å². The highest BCUT2D eigenvalue weighted by molar-refractivity contribution is 5.73. The molecule has 2 fully saturated rings. The van der Waals surface area contributed by atoms with Gasteiger partial charge in [0.15, 0.2) is 0 Å². The molecular weight excluding hydrogens is 176 g/mol. The van der Waals surface area contributed by atoms with Gasteiger partial charge in [-0.2, -0.15) is 0 Å². The van der Waals surface area contributed by atoms with Crippen molar-refractivity contribution < 1.29 is 4.79 Å². The van der Waals surface area contributed by atoms with Crippen LogP contribution in [0.2, 0.25) is 0 Å². The highest BCUT2D eigenvalue weighted by Gasteiger charge is 2.45. The van der Waals surface area contributed by atoms with Gasteiger partial charge in [0.2, 0.25) is 5.91 Å². The molecule has 3 atom stereocenters. The van der Waals surface area contributed by atoms with E-state index in [4.69, 9.17) is 5.73 Å². The van der Waals surface area contributed by atoms with Crippen molar-refractivity contribution in [2.75, 3.05) is 13.1 Å². The number of carbonyl (C=O) groups excluding carboxylic acids is 1. The summed E-state index contributed by atoms with van der Waals surface area (Å²) in [5.74, 6) is 1.65. The van der Waals surface area contributed by atoms with Crippen LogP contribution in [0.5, 0.6) is 0 Å². The standard InChI is InChI=1S/C11H20N2O/c1-8(14)13-5-3-2-4-11(13)10-6-9(10)7-12/h9-11H,2-7,12H2,1H3. The second-order valence-electron chi connectivity index (χ2n) is 4.67. The van der Waals surface area contributed by atoms with Crippen molar-refractivity contribution in [2.45, 2.75) is 38.6 Å². The van der Waals surface area contributed by atoms with Gasteiger partial charge in [0, 0.05) is 19.5 Å². The van der Waals surface area contributed by atoms with Crippen molar-refractivity contribution in [3.05, 3.63) is 0 Å². The third kappa shape index (κ3) is 1.78. The molecule has 3 heteroatoms. The molecule has 1 heterocycles. The second-order valence-corrected chi connectivity index (χ2v) is 4.67. The molecule has 0 bridgehead atoms. The average Bonchev–Trinajstić information content (AvgIpc) is 2.96. The van der Waals surface area contributed by atoms with Crippen molar-refractivity contribution in [1.82, 2.24) is 4.90 Å². The van der Waals surface area contributed by atoms with Gasteiger partial charge in [-0.05, 0) is 44.1 Å². The van der Waals surface area contributed by atoms with E-state index in [1.54, 1.807) is 6.92 Å². The Morgan fingerprint density at radius 1 is 1.50 bits per heavy atom. The normalized spacial score (nSPS) is 37.0. The first-order valence-corrected chi connectivity index (χ1v) is 5.71. The number of hydrogen-bond acceptors (Lipinski definition) is 2. The Hall–Kier alpha value is -0.570. The van der Waals surface area contributed by atoms with Gasteiger partial charge in [0.25, 0.3) is 0 Å². The summed E-state index contributed by atoms with van der Waals surface area (Å²) in [5, 5.41) is 0. The summed E-state index contributed by atoms with van der Waals surface area (Å²) in [6.45, 7) is 3.46. The predicted molar refractivity (Wildman–Crippen MR) is 55.7 cm³/mol. The van der Waals surface area contributed by atoms with Gasteiger partial charge in [-0.1, -0.05) is 0 Å². The Bertz CT molecular complexity index is 229. The van der Waals surface area contributed by atoms with Gasteiger partial charge in [-0.3, -0.25) is 4.79 Å². The Balaban J connectivity index is 1.97. The Kier molecular flexibility index (Phi) is 2.77. The summed E-state index contributed by atoms with van der Waals surface area (Å²) >= 11 is 0. The van der Waals surface area contributed by atoms with Gasteiger partial charge >= 0.3 is 0 Å². The lowest BCUT2D eigenvalue weighted by Crippen LogP contribution is -2.44. The van der Waals surface area contributed by atoms with Crippen LogP contribution in [-0.2, 0) is 4.79 Å². The molecule has 1 aliphatic carbocycles. The van der Waals surface area contributed by atoms with Gasteiger partial charge < -0.3 is 10.6 Å². The maximum atomic E-state index is 11.4. The van der Waals surface area contributed by atoms with Crippen LogP contribution < -0.4 is 5.73 Å². The molecule has 0 aromatic carbocycles. The van der Waals surface area contributed by atoms with Crippen molar-refractivity contribution >= 4 is 5.91 Å². The number of amides is 1. The van der Waals surface area contributed by atoms with Crippen LogP contribution in [0.1, 0.15) is 32.6 Å². The van der Waals surface area contributed by atoms with Crippen LogP contribution in [0.3, 0.4) is 0 Å². The molecular formula is C11H20N2O. The van der Waals surface area contributed by atoms with Crippen molar-refractivity contribution in [1.29, 1.82) is 0 Å². The highest BCUT2D eigenvalue weighted by atomic mass is 16.2. The van der Waals surface area contributed by atoms with Crippen LogP contribution in [-0.4, -0.2) is 29.9 Å². The van der Waals surface area contributed by atoms with Gasteiger partial charge in [-0.15, -0.1) is 0 Å². The number of nitrogens with two attached hydrogens (primary N) is 1. The molecule has 80 valence electrons. The summed E-state index contributed by atoms with van der Waals surface area (Å²) in [6.07, 6.45) is 4.89. The lowest BCUT2D eigenvalue weighted by molar-refractivity contribution is -0.133. The van der Waals surface area contributed by atoms with Gasteiger partial charge in [0.1, 0.15) is 0 Å². The van der Waals surface area contributed by atoms with Crippen LogP contribution in [0.4, 0.5) is 0 Å². The smallest absolute Gasteiger partial charge is 0.219 e. The molecule has 0 aromatic rings. The van der Waals surface area contributed by atoms with Gasteiger partial charge in [-0.25, -0.2) is 0 Å². The van der Waals surface area contributed by atoms with E-state index in [-0.39, 0.29) is 5.91 Å². The first kappa shape index (κ1) is 9.97. The summed E-state index contributed by atoms with van der Waals surface area (Å²) in [7, 11) is 0. The monoisotopic (exact) mass is 196 g/mol. The molecule has 0 spiro atoms. The van der Waals surface area contributed by atoms with Crippen LogP contribution in [0.15, 0.2) is 0 Å². The van der Waals surface area contributed by atoms with Crippen molar-refractivity contribution in [3.63, 3.8) is 0 Å². The molecule has 0 radical (unpaired) electrons. The molecule has 1 saturated carbocycles. The Morgan fingerprint density at radius 2 is 2.29 bits per heavy atom. The largest absolute Gasteiger partial charge is 0.340 e. The summed E-state index contributed by atoms with van der Waals surface area (Å²) in [6, 6.07) is 0.509. The topological polar surface area (TPSA) is 46.3 Å². The number of carbonyl (C=O) groups is 1. The van der Waals surface area contributed by atoms with Gasteiger partial charge in [0.05, 0.1) is 0 Å². The molecule has 1 aliphatic heterocycles. The summed E-state index contributed by atoms with van der Waals surface area (Å²) < 4.78 is 0. The maximum absolute atomic E-state index is 11.4. The third-order valence-electron chi connectivity index (χ3n) is 3.73. The first-order chi connectivity index (χ1) is 6.74. The minimum atomic E-state index is 0.248. The van der Waals surface area contributed by atoms with Crippen LogP contribution >= 0.6 is 0 Å². The fraction of sp³-hybridized carbons (Fsp3) is 0.909. The summed E-state index contributed by atoms with van der Waals surface area (Å²) in [4.78, 5) is 13.5. The van der Waals surface area contributed by atoms with E-state index < -0.39 is 0 Å². The van der Waals surface area contributed by atoms with Crippen LogP contribution in [0.25, 0.3) is 0 Å². The van der Waals surface area contributed by atoms with E-state index in [0.29, 0.717) is 17.9 Å².